The van der Waals surface area contributed by atoms with Crippen molar-refractivity contribution in [2.24, 2.45) is 0 Å². The molecule has 0 unspecified atom stereocenters. The molecule has 1 amide bonds. The summed E-state index contributed by atoms with van der Waals surface area (Å²) in [5.41, 5.74) is 1.91. The van der Waals surface area contributed by atoms with Crippen LogP contribution < -0.4 is 5.32 Å². The summed E-state index contributed by atoms with van der Waals surface area (Å²) < 4.78 is 4.92. The zero-order chi connectivity index (χ0) is 15.9. The highest BCUT2D eigenvalue weighted by molar-refractivity contribution is 6.31. The van der Waals surface area contributed by atoms with Crippen molar-refractivity contribution < 1.29 is 14.3 Å². The van der Waals surface area contributed by atoms with Crippen LogP contribution in [0, 0.1) is 6.92 Å². The van der Waals surface area contributed by atoms with Gasteiger partial charge in [-0.2, -0.15) is 0 Å². The number of amides is 1. The molecule has 0 aliphatic rings. The maximum atomic E-state index is 11.7. The van der Waals surface area contributed by atoms with Crippen molar-refractivity contribution in [2.45, 2.75) is 13.5 Å². The van der Waals surface area contributed by atoms with Crippen LogP contribution in [0.1, 0.15) is 21.6 Å². The monoisotopic (exact) mass is 318 g/mol. The Morgan fingerprint density at radius 2 is 2.00 bits per heavy atom. The summed E-state index contributed by atoms with van der Waals surface area (Å²) in [6.07, 6.45) is 1.42. The summed E-state index contributed by atoms with van der Waals surface area (Å²) >= 11 is 5.98. The van der Waals surface area contributed by atoms with Crippen LogP contribution in [-0.2, 0) is 16.1 Å². The van der Waals surface area contributed by atoms with Gasteiger partial charge in [-0.1, -0.05) is 29.8 Å². The van der Waals surface area contributed by atoms with Crippen LogP contribution >= 0.6 is 11.6 Å². The second kappa shape index (κ2) is 7.56. The molecule has 6 heteroatoms. The van der Waals surface area contributed by atoms with Crippen LogP contribution in [0.5, 0.6) is 0 Å². The third-order valence-electron chi connectivity index (χ3n) is 2.92. The van der Waals surface area contributed by atoms with E-state index in [1.807, 2.05) is 25.1 Å². The minimum absolute atomic E-state index is 0.280. The normalized spacial score (nSPS) is 10.1. The molecule has 2 rings (SSSR count). The molecule has 1 aromatic heterocycles. The Hall–Kier alpha value is -2.40. The Balaban J connectivity index is 1.79. The fourth-order valence-electron chi connectivity index (χ4n) is 1.69. The van der Waals surface area contributed by atoms with E-state index in [2.05, 4.69) is 10.3 Å². The smallest absolute Gasteiger partial charge is 0.340 e. The minimum atomic E-state index is -0.583. The van der Waals surface area contributed by atoms with Gasteiger partial charge in [0.2, 0.25) is 0 Å². The van der Waals surface area contributed by atoms with E-state index in [0.29, 0.717) is 10.6 Å². The zero-order valence-corrected chi connectivity index (χ0v) is 12.8. The summed E-state index contributed by atoms with van der Waals surface area (Å²) in [4.78, 5) is 27.4. The first-order chi connectivity index (χ1) is 10.6. The van der Waals surface area contributed by atoms with Crippen molar-refractivity contribution in [2.75, 3.05) is 6.61 Å². The molecule has 0 saturated heterocycles. The first-order valence-electron chi connectivity index (χ1n) is 6.66. The Kier molecular flexibility index (Phi) is 5.49. The number of rotatable bonds is 5. The standard InChI is InChI=1S/C16H15ClN2O3/c1-11-6-7-13(9-18-11)16(21)22-10-15(20)19-8-12-4-2-3-5-14(12)17/h2-7,9H,8,10H2,1H3,(H,19,20). The summed E-state index contributed by atoms with van der Waals surface area (Å²) in [7, 11) is 0. The highest BCUT2D eigenvalue weighted by Gasteiger charge is 2.10. The quantitative estimate of drug-likeness (QED) is 0.860. The largest absolute Gasteiger partial charge is 0.452 e. The van der Waals surface area contributed by atoms with E-state index in [1.165, 1.54) is 6.20 Å². The van der Waals surface area contributed by atoms with Crippen LogP contribution in [0.15, 0.2) is 42.6 Å². The van der Waals surface area contributed by atoms with Crippen molar-refractivity contribution >= 4 is 23.5 Å². The molecule has 0 aliphatic carbocycles. The van der Waals surface area contributed by atoms with Gasteiger partial charge >= 0.3 is 5.97 Å². The number of benzene rings is 1. The van der Waals surface area contributed by atoms with Gasteiger partial charge in [-0.3, -0.25) is 9.78 Å². The summed E-state index contributed by atoms with van der Waals surface area (Å²) in [5.74, 6) is -0.978. The fraction of sp³-hybridized carbons (Fsp3) is 0.188. The van der Waals surface area contributed by atoms with Gasteiger partial charge in [0, 0.05) is 23.5 Å². The van der Waals surface area contributed by atoms with E-state index in [9.17, 15) is 9.59 Å². The lowest BCUT2D eigenvalue weighted by Gasteiger charge is -2.07. The van der Waals surface area contributed by atoms with Gasteiger partial charge in [-0.15, -0.1) is 0 Å². The minimum Gasteiger partial charge on any atom is -0.452 e. The van der Waals surface area contributed by atoms with Crippen molar-refractivity contribution in [1.29, 1.82) is 0 Å². The van der Waals surface area contributed by atoms with Crippen LogP contribution in [-0.4, -0.2) is 23.5 Å². The molecule has 1 aromatic carbocycles. The number of aryl methyl sites for hydroxylation is 1. The maximum Gasteiger partial charge on any atom is 0.340 e. The number of nitrogens with zero attached hydrogens (tertiary/aromatic N) is 1. The number of hydrogen-bond donors (Lipinski definition) is 1. The lowest BCUT2D eigenvalue weighted by Crippen LogP contribution is -2.28. The third kappa shape index (κ3) is 4.56. The lowest BCUT2D eigenvalue weighted by molar-refractivity contribution is -0.124. The second-order valence-corrected chi connectivity index (χ2v) is 5.04. The summed E-state index contributed by atoms with van der Waals surface area (Å²) in [6, 6.07) is 10.5. The maximum absolute atomic E-state index is 11.7. The molecule has 0 aliphatic heterocycles. The van der Waals surface area contributed by atoms with E-state index in [1.54, 1.807) is 18.2 Å². The Labute approximate surface area is 133 Å². The third-order valence-corrected chi connectivity index (χ3v) is 3.28. The molecule has 0 radical (unpaired) electrons. The van der Waals surface area contributed by atoms with Crippen LogP contribution in [0.4, 0.5) is 0 Å². The first-order valence-corrected chi connectivity index (χ1v) is 7.04. The molecule has 0 bridgehead atoms. The number of hydrogen-bond acceptors (Lipinski definition) is 4. The number of aromatic nitrogens is 1. The molecular weight excluding hydrogens is 304 g/mol. The summed E-state index contributed by atoms with van der Waals surface area (Å²) in [5, 5.41) is 3.21. The topological polar surface area (TPSA) is 68.3 Å². The molecule has 22 heavy (non-hydrogen) atoms. The predicted octanol–water partition coefficient (Wildman–Crippen LogP) is 2.52. The Bertz CT molecular complexity index is 671. The Morgan fingerprint density at radius 1 is 1.23 bits per heavy atom. The average Bonchev–Trinajstić information content (AvgIpc) is 2.52. The molecule has 1 N–H and O–H groups in total. The van der Waals surface area contributed by atoms with Crippen molar-refractivity contribution in [3.63, 3.8) is 0 Å². The highest BCUT2D eigenvalue weighted by atomic mass is 35.5. The fourth-order valence-corrected chi connectivity index (χ4v) is 1.89. The first kappa shape index (κ1) is 16.0. The van der Waals surface area contributed by atoms with Gasteiger partial charge in [0.15, 0.2) is 6.61 Å². The van der Waals surface area contributed by atoms with E-state index < -0.39 is 11.9 Å². The number of carbonyl (C=O) groups excluding carboxylic acids is 2. The number of halogens is 1. The van der Waals surface area contributed by atoms with Crippen LogP contribution in [0.25, 0.3) is 0 Å². The van der Waals surface area contributed by atoms with Crippen molar-refractivity contribution in [3.8, 4) is 0 Å². The molecule has 5 nitrogen and oxygen atoms in total. The van der Waals surface area contributed by atoms with E-state index in [0.717, 1.165) is 11.3 Å². The van der Waals surface area contributed by atoms with Crippen molar-refractivity contribution in [3.05, 3.63) is 64.4 Å². The molecule has 114 valence electrons. The van der Waals surface area contributed by atoms with Gasteiger partial charge in [0.25, 0.3) is 5.91 Å². The number of carbonyl (C=O) groups is 2. The number of esters is 1. The van der Waals surface area contributed by atoms with E-state index >= 15 is 0 Å². The average molecular weight is 319 g/mol. The SMILES string of the molecule is Cc1ccc(C(=O)OCC(=O)NCc2ccccc2Cl)cn1. The van der Waals surface area contributed by atoms with E-state index in [4.69, 9.17) is 16.3 Å². The molecule has 0 atom stereocenters. The molecular formula is C16H15ClN2O3. The van der Waals surface area contributed by atoms with Crippen molar-refractivity contribution in [1.82, 2.24) is 10.3 Å². The molecule has 0 spiro atoms. The molecule has 1 heterocycles. The zero-order valence-electron chi connectivity index (χ0n) is 12.0. The molecule has 0 fully saturated rings. The second-order valence-electron chi connectivity index (χ2n) is 4.63. The predicted molar refractivity (Wildman–Crippen MR) is 82.6 cm³/mol. The van der Waals surface area contributed by atoms with Crippen LogP contribution in [0.2, 0.25) is 5.02 Å². The number of ether oxygens (including phenoxy) is 1. The Morgan fingerprint density at radius 3 is 2.68 bits per heavy atom. The van der Waals surface area contributed by atoms with Gasteiger partial charge < -0.3 is 10.1 Å². The molecule has 0 saturated carbocycles. The highest BCUT2D eigenvalue weighted by Crippen LogP contribution is 2.14. The van der Waals surface area contributed by atoms with Gasteiger partial charge in [0.1, 0.15) is 0 Å². The lowest BCUT2D eigenvalue weighted by atomic mass is 10.2. The molecule has 2 aromatic rings. The number of pyridine rings is 1. The van der Waals surface area contributed by atoms with Gasteiger partial charge in [-0.25, -0.2) is 4.79 Å². The number of nitrogens with one attached hydrogen (secondary N) is 1. The van der Waals surface area contributed by atoms with Gasteiger partial charge in [-0.05, 0) is 30.7 Å². The summed E-state index contributed by atoms with van der Waals surface area (Å²) in [6.45, 7) is 1.75. The van der Waals surface area contributed by atoms with Crippen LogP contribution in [0.3, 0.4) is 0 Å². The van der Waals surface area contributed by atoms with Gasteiger partial charge in [0.05, 0.1) is 5.56 Å². The van der Waals surface area contributed by atoms with E-state index in [-0.39, 0.29) is 13.2 Å².